The van der Waals surface area contributed by atoms with Crippen LogP contribution in [0.5, 0.6) is 0 Å². The van der Waals surface area contributed by atoms with Gasteiger partial charge >= 0.3 is 0 Å². The molecule has 1 amide bonds. The number of benzene rings is 2. The van der Waals surface area contributed by atoms with Crippen LogP contribution in [0, 0.1) is 17.1 Å². The Balaban J connectivity index is 1.81. The monoisotopic (exact) mass is 483 g/mol. The van der Waals surface area contributed by atoms with E-state index in [1.807, 2.05) is 6.07 Å². The highest BCUT2D eigenvalue weighted by atomic mass is 32.2. The van der Waals surface area contributed by atoms with Gasteiger partial charge in [0, 0.05) is 35.8 Å². The fourth-order valence-corrected chi connectivity index (χ4v) is 5.69. The Kier molecular flexibility index (Phi) is 6.34. The van der Waals surface area contributed by atoms with Crippen molar-refractivity contribution in [3.63, 3.8) is 0 Å². The average molecular weight is 484 g/mol. The molecule has 0 aliphatic carbocycles. The summed E-state index contributed by atoms with van der Waals surface area (Å²) in [5.41, 5.74) is 7.86. The molecule has 2 aromatic carbocycles. The molecule has 1 aliphatic rings. The van der Waals surface area contributed by atoms with Crippen LogP contribution >= 0.6 is 11.3 Å². The molecule has 6 nitrogen and oxygen atoms in total. The Labute approximate surface area is 196 Å². The van der Waals surface area contributed by atoms with Gasteiger partial charge in [0.05, 0.1) is 15.3 Å². The van der Waals surface area contributed by atoms with Gasteiger partial charge in [0.2, 0.25) is 0 Å². The molecule has 0 saturated carbocycles. The molecule has 0 bridgehead atoms. The van der Waals surface area contributed by atoms with Gasteiger partial charge in [-0.1, -0.05) is 18.2 Å². The highest BCUT2D eigenvalue weighted by molar-refractivity contribution is 7.90. The summed E-state index contributed by atoms with van der Waals surface area (Å²) in [7, 11) is -3.35. The van der Waals surface area contributed by atoms with Crippen molar-refractivity contribution >= 4 is 27.1 Å². The molecule has 1 aliphatic heterocycles. The van der Waals surface area contributed by atoms with Crippen molar-refractivity contribution < 1.29 is 17.6 Å². The lowest BCUT2D eigenvalue weighted by molar-refractivity contribution is 0.0714. The summed E-state index contributed by atoms with van der Waals surface area (Å²) in [5.74, 6) is -0.779. The van der Waals surface area contributed by atoms with Crippen LogP contribution in [0.4, 0.5) is 4.39 Å². The number of rotatable bonds is 4. The van der Waals surface area contributed by atoms with Crippen LogP contribution in [0.3, 0.4) is 0 Å². The van der Waals surface area contributed by atoms with Crippen LogP contribution in [0.25, 0.3) is 21.6 Å². The summed E-state index contributed by atoms with van der Waals surface area (Å²) < 4.78 is 38.1. The second-order valence-corrected chi connectivity index (χ2v) is 11.2. The second-order valence-electron chi connectivity index (χ2n) is 8.11. The minimum Gasteiger partial charge on any atom is -0.336 e. The van der Waals surface area contributed by atoms with Gasteiger partial charge in [-0.05, 0) is 54.3 Å². The molecular formula is C24H22FN3O3S2. The number of halogens is 1. The molecule has 3 aromatic rings. The van der Waals surface area contributed by atoms with E-state index in [2.05, 4.69) is 0 Å². The topological polar surface area (TPSA) is 104 Å². The lowest BCUT2D eigenvalue weighted by atomic mass is 10.0. The quantitative estimate of drug-likeness (QED) is 0.603. The van der Waals surface area contributed by atoms with Gasteiger partial charge in [-0.25, -0.2) is 12.8 Å². The molecule has 0 spiro atoms. The lowest BCUT2D eigenvalue weighted by Crippen LogP contribution is -2.45. The third-order valence-corrected chi connectivity index (χ3v) is 7.93. The van der Waals surface area contributed by atoms with E-state index in [9.17, 15) is 17.6 Å². The van der Waals surface area contributed by atoms with Crippen LogP contribution in [-0.2, 0) is 9.84 Å². The maximum atomic E-state index is 14.4. The smallest absolute Gasteiger partial charge is 0.264 e. The predicted octanol–water partition coefficient (Wildman–Crippen LogP) is 4.06. The lowest BCUT2D eigenvalue weighted by Gasteiger charge is -2.30. The number of thiophene rings is 1. The van der Waals surface area contributed by atoms with Crippen LogP contribution in [0.2, 0.25) is 0 Å². The SMILES string of the molecule is CS(=O)(=O)c1ccc(-c2sc(C(=O)N3CCC[C@@H](N)C3)cc2-c2ccc(C#N)c(F)c2)cc1. The number of nitriles is 1. The molecule has 9 heteroatoms. The van der Waals surface area contributed by atoms with Gasteiger partial charge in [0.25, 0.3) is 5.91 Å². The Morgan fingerprint density at radius 1 is 1.18 bits per heavy atom. The number of amides is 1. The molecule has 1 aromatic heterocycles. The minimum atomic E-state index is -3.35. The summed E-state index contributed by atoms with van der Waals surface area (Å²) in [6.07, 6.45) is 2.85. The number of carbonyl (C=O) groups excluding carboxylic acids is 1. The summed E-state index contributed by atoms with van der Waals surface area (Å²) in [4.78, 5) is 16.3. The minimum absolute atomic E-state index is 0.0576. The molecule has 2 N–H and O–H groups in total. The maximum Gasteiger partial charge on any atom is 0.264 e. The third kappa shape index (κ3) is 4.83. The zero-order valence-corrected chi connectivity index (χ0v) is 19.5. The second kappa shape index (κ2) is 9.06. The van der Waals surface area contributed by atoms with E-state index in [1.165, 1.54) is 35.6 Å². The Morgan fingerprint density at radius 2 is 1.88 bits per heavy atom. The van der Waals surface area contributed by atoms with Crippen molar-refractivity contribution in [1.29, 1.82) is 5.26 Å². The highest BCUT2D eigenvalue weighted by Crippen LogP contribution is 2.40. The zero-order valence-electron chi connectivity index (χ0n) is 17.9. The van der Waals surface area contributed by atoms with Crippen LogP contribution in [0.15, 0.2) is 53.4 Å². The number of hydrogen-bond acceptors (Lipinski definition) is 6. The van der Waals surface area contributed by atoms with Crippen molar-refractivity contribution in [1.82, 2.24) is 4.90 Å². The first kappa shape index (κ1) is 23.1. The Bertz CT molecular complexity index is 1360. The number of nitrogens with two attached hydrogens (primary N) is 1. The predicted molar refractivity (Wildman–Crippen MR) is 126 cm³/mol. The zero-order chi connectivity index (χ0) is 23.8. The van der Waals surface area contributed by atoms with E-state index in [4.69, 9.17) is 11.0 Å². The van der Waals surface area contributed by atoms with E-state index in [-0.39, 0.29) is 22.4 Å². The van der Waals surface area contributed by atoms with Gasteiger partial charge < -0.3 is 10.6 Å². The largest absolute Gasteiger partial charge is 0.336 e. The van der Waals surface area contributed by atoms with Gasteiger partial charge in [0.15, 0.2) is 9.84 Å². The molecule has 1 saturated heterocycles. The van der Waals surface area contributed by atoms with Crippen molar-refractivity contribution in [2.24, 2.45) is 5.73 Å². The number of likely N-dealkylation sites (tertiary alicyclic amines) is 1. The Hall–Kier alpha value is -3.06. The Morgan fingerprint density at radius 3 is 2.48 bits per heavy atom. The van der Waals surface area contributed by atoms with Gasteiger partial charge in [-0.2, -0.15) is 5.26 Å². The fourth-order valence-electron chi connectivity index (χ4n) is 3.90. The number of hydrogen-bond donors (Lipinski definition) is 1. The van der Waals surface area contributed by atoms with Crippen molar-refractivity contribution in [2.45, 2.75) is 23.8 Å². The fraction of sp³-hybridized carbons (Fsp3) is 0.250. The van der Waals surface area contributed by atoms with E-state index < -0.39 is 15.7 Å². The van der Waals surface area contributed by atoms with Crippen molar-refractivity contribution in [2.75, 3.05) is 19.3 Å². The maximum absolute atomic E-state index is 14.4. The van der Waals surface area contributed by atoms with Gasteiger partial charge in [-0.15, -0.1) is 11.3 Å². The van der Waals surface area contributed by atoms with Crippen LogP contribution in [-0.4, -0.2) is 44.6 Å². The molecule has 0 unspecified atom stereocenters. The summed E-state index contributed by atoms with van der Waals surface area (Å²) in [5, 5.41) is 9.05. The average Bonchev–Trinajstić information content (AvgIpc) is 3.23. The van der Waals surface area contributed by atoms with Crippen LogP contribution < -0.4 is 5.73 Å². The third-order valence-electron chi connectivity index (χ3n) is 5.63. The molecule has 33 heavy (non-hydrogen) atoms. The van der Waals surface area contributed by atoms with Gasteiger partial charge in [0.1, 0.15) is 11.9 Å². The van der Waals surface area contributed by atoms with Gasteiger partial charge in [-0.3, -0.25) is 4.79 Å². The number of carbonyl (C=O) groups is 1. The van der Waals surface area contributed by atoms with E-state index in [1.54, 1.807) is 29.2 Å². The first-order valence-electron chi connectivity index (χ1n) is 10.4. The summed E-state index contributed by atoms with van der Waals surface area (Å²) >= 11 is 1.27. The molecule has 1 fully saturated rings. The van der Waals surface area contributed by atoms with Crippen molar-refractivity contribution in [3.8, 4) is 27.6 Å². The molecular weight excluding hydrogens is 461 g/mol. The molecule has 1 atom stereocenters. The first-order valence-corrected chi connectivity index (χ1v) is 13.1. The number of sulfone groups is 1. The first-order chi connectivity index (χ1) is 15.7. The standard InChI is InChI=1S/C24H22FN3O3S2/c1-33(30,31)19-8-6-15(7-9-19)23-20(16-4-5-17(13-26)21(25)11-16)12-22(32-23)24(29)28-10-2-3-18(27)14-28/h4-9,11-12,18H,2-3,10,14,27H2,1H3/t18-/m1/s1. The normalized spacial score (nSPS) is 16.4. The van der Waals surface area contributed by atoms with E-state index in [0.29, 0.717) is 39.5 Å². The highest BCUT2D eigenvalue weighted by Gasteiger charge is 2.26. The molecule has 0 radical (unpaired) electrons. The van der Waals surface area contributed by atoms with Crippen LogP contribution in [0.1, 0.15) is 28.1 Å². The van der Waals surface area contributed by atoms with Crippen molar-refractivity contribution in [3.05, 3.63) is 64.8 Å². The molecule has 2 heterocycles. The molecule has 4 rings (SSSR count). The number of nitrogens with zero attached hydrogens (tertiary/aromatic N) is 2. The summed E-state index contributed by atoms with van der Waals surface area (Å²) in [6.45, 7) is 1.11. The summed E-state index contributed by atoms with van der Waals surface area (Å²) in [6, 6.07) is 14.2. The van der Waals surface area contributed by atoms with E-state index in [0.717, 1.165) is 19.1 Å². The number of piperidine rings is 1. The van der Waals surface area contributed by atoms with E-state index >= 15 is 0 Å². The molecule has 170 valence electrons.